The van der Waals surface area contributed by atoms with E-state index in [4.69, 9.17) is 0 Å². The second-order valence-electron chi connectivity index (χ2n) is 14.0. The normalized spacial score (nSPS) is 15.3. The highest BCUT2D eigenvalue weighted by atomic mass is 14.4. The van der Waals surface area contributed by atoms with Crippen molar-refractivity contribution in [3.8, 4) is 44.5 Å². The van der Waals surface area contributed by atoms with E-state index in [9.17, 15) is 0 Å². The van der Waals surface area contributed by atoms with Crippen molar-refractivity contribution in [3.05, 3.63) is 253 Å². The van der Waals surface area contributed by atoms with Crippen LogP contribution in [0.25, 0.3) is 55.7 Å². The van der Waals surface area contributed by atoms with Gasteiger partial charge in [0.25, 0.3) is 0 Å². The van der Waals surface area contributed by atoms with Gasteiger partial charge in [0, 0.05) is 11.8 Å². The minimum absolute atomic E-state index is 0.126. The molecular formula is C54H40. The molecule has 0 N–H and O–H groups in total. The topological polar surface area (TPSA) is 0 Å². The molecule has 0 aromatic heterocycles. The molecule has 0 nitrogen and oxygen atoms in total. The molecule has 0 saturated heterocycles. The molecule has 8 aromatic rings. The summed E-state index contributed by atoms with van der Waals surface area (Å²) < 4.78 is 0. The average Bonchev–Trinajstić information content (AvgIpc) is 3.27. The Kier molecular flexibility index (Phi) is 9.24. The van der Waals surface area contributed by atoms with E-state index in [1.54, 1.807) is 0 Å². The molecule has 1 aliphatic rings. The summed E-state index contributed by atoms with van der Waals surface area (Å²) in [5, 5.41) is 0. The zero-order valence-electron chi connectivity index (χ0n) is 30.1. The summed E-state index contributed by atoms with van der Waals surface area (Å²) in [5.74, 6) is 0.313. The molecule has 0 bridgehead atoms. The lowest BCUT2D eigenvalue weighted by Gasteiger charge is -2.34. The molecule has 9 rings (SSSR count). The van der Waals surface area contributed by atoms with Crippen molar-refractivity contribution in [2.45, 2.75) is 11.8 Å². The monoisotopic (exact) mass is 688 g/mol. The molecule has 0 radical (unpaired) electrons. The molecule has 54 heavy (non-hydrogen) atoms. The summed E-state index contributed by atoms with van der Waals surface area (Å²) in [6.07, 6.45) is 4.78. The van der Waals surface area contributed by atoms with Gasteiger partial charge in [0.15, 0.2) is 0 Å². The van der Waals surface area contributed by atoms with Crippen LogP contribution in [-0.4, -0.2) is 0 Å². The lowest BCUT2D eigenvalue weighted by molar-refractivity contribution is 0.748. The van der Waals surface area contributed by atoms with Gasteiger partial charge in [-0.3, -0.25) is 0 Å². The van der Waals surface area contributed by atoms with Gasteiger partial charge in [-0.1, -0.05) is 231 Å². The highest BCUT2D eigenvalue weighted by molar-refractivity contribution is 6.03. The van der Waals surface area contributed by atoms with Gasteiger partial charge in [0.1, 0.15) is 0 Å². The van der Waals surface area contributed by atoms with Crippen molar-refractivity contribution in [3.63, 3.8) is 0 Å². The van der Waals surface area contributed by atoms with Crippen molar-refractivity contribution in [1.82, 2.24) is 0 Å². The minimum Gasteiger partial charge on any atom is -0.0754 e. The molecule has 8 aromatic carbocycles. The Morgan fingerprint density at radius 2 is 0.648 bits per heavy atom. The predicted octanol–water partition coefficient (Wildman–Crippen LogP) is 14.4. The van der Waals surface area contributed by atoms with E-state index in [0.29, 0.717) is 0 Å². The van der Waals surface area contributed by atoms with Crippen LogP contribution in [0.2, 0.25) is 0 Å². The molecule has 256 valence electrons. The lowest BCUT2D eigenvalue weighted by atomic mass is 9.69. The van der Waals surface area contributed by atoms with E-state index >= 15 is 0 Å². The Hall–Kier alpha value is -6.76. The van der Waals surface area contributed by atoms with E-state index in [0.717, 1.165) is 0 Å². The van der Waals surface area contributed by atoms with Gasteiger partial charge in [0.2, 0.25) is 0 Å². The largest absolute Gasteiger partial charge is 0.0754 e. The molecule has 2 atom stereocenters. The van der Waals surface area contributed by atoms with E-state index < -0.39 is 0 Å². The number of hydrogen-bond acceptors (Lipinski definition) is 0. The Morgan fingerprint density at radius 1 is 0.278 bits per heavy atom. The zero-order chi connectivity index (χ0) is 36.1. The van der Waals surface area contributed by atoms with Crippen molar-refractivity contribution >= 4 is 11.1 Å². The van der Waals surface area contributed by atoms with Crippen LogP contribution in [0.1, 0.15) is 34.1 Å². The van der Waals surface area contributed by atoms with Crippen molar-refractivity contribution in [1.29, 1.82) is 0 Å². The Balaban J connectivity index is 1.28. The molecule has 0 fully saturated rings. The van der Waals surface area contributed by atoms with Gasteiger partial charge in [-0.25, -0.2) is 0 Å². The van der Waals surface area contributed by atoms with Gasteiger partial charge >= 0.3 is 0 Å². The summed E-state index contributed by atoms with van der Waals surface area (Å²) in [6.45, 7) is 0. The molecule has 0 heteroatoms. The summed E-state index contributed by atoms with van der Waals surface area (Å²) >= 11 is 0. The maximum Gasteiger partial charge on any atom is 0.0205 e. The Labute approximate surface area is 319 Å². The first-order valence-electron chi connectivity index (χ1n) is 18.9. The van der Waals surface area contributed by atoms with Crippen molar-refractivity contribution < 1.29 is 0 Å². The first-order chi connectivity index (χ1) is 26.8. The van der Waals surface area contributed by atoms with E-state index in [-0.39, 0.29) is 11.8 Å². The Morgan fingerprint density at radius 3 is 1.13 bits per heavy atom. The maximum atomic E-state index is 2.42. The van der Waals surface area contributed by atoms with Gasteiger partial charge in [-0.2, -0.15) is 0 Å². The molecule has 0 saturated carbocycles. The molecule has 2 unspecified atom stereocenters. The fraction of sp³-hybridized carbons (Fsp3) is 0.0370. The van der Waals surface area contributed by atoms with Crippen LogP contribution in [0.15, 0.2) is 231 Å². The first kappa shape index (κ1) is 33.1. The summed E-state index contributed by atoms with van der Waals surface area (Å²) in [5.41, 5.74) is 17.4. The van der Waals surface area contributed by atoms with Crippen LogP contribution in [-0.2, 0) is 0 Å². The summed E-state index contributed by atoms with van der Waals surface area (Å²) in [4.78, 5) is 0. The van der Waals surface area contributed by atoms with Crippen LogP contribution in [0.3, 0.4) is 0 Å². The Bertz CT molecular complexity index is 2530. The van der Waals surface area contributed by atoms with Crippen molar-refractivity contribution in [2.75, 3.05) is 0 Å². The van der Waals surface area contributed by atoms with Gasteiger partial charge in [0.05, 0.1) is 0 Å². The summed E-state index contributed by atoms with van der Waals surface area (Å²) in [7, 11) is 0. The third-order valence-electron chi connectivity index (χ3n) is 10.8. The van der Waals surface area contributed by atoms with Crippen LogP contribution in [0, 0.1) is 0 Å². The minimum atomic E-state index is 0.126. The number of benzene rings is 8. The molecule has 0 heterocycles. The quantitative estimate of drug-likeness (QED) is 0.149. The van der Waals surface area contributed by atoms with Gasteiger partial charge in [-0.05, 0) is 77.9 Å². The summed E-state index contributed by atoms with van der Waals surface area (Å²) in [6, 6.07) is 79.5. The van der Waals surface area contributed by atoms with Crippen molar-refractivity contribution in [2.24, 2.45) is 0 Å². The number of hydrogen-bond donors (Lipinski definition) is 0. The van der Waals surface area contributed by atoms with E-state index in [1.807, 2.05) is 0 Å². The second-order valence-corrected chi connectivity index (χ2v) is 14.0. The fourth-order valence-electron chi connectivity index (χ4n) is 8.31. The molecule has 0 amide bonds. The van der Waals surface area contributed by atoms with Crippen LogP contribution in [0.5, 0.6) is 0 Å². The third kappa shape index (κ3) is 6.44. The maximum absolute atomic E-state index is 2.42. The van der Waals surface area contributed by atoms with E-state index in [2.05, 4.69) is 231 Å². The number of rotatable bonds is 8. The fourth-order valence-corrected chi connectivity index (χ4v) is 8.31. The van der Waals surface area contributed by atoms with Gasteiger partial charge < -0.3 is 0 Å². The SMILES string of the molecule is C1=CC(c2ccccc2)C(c2ccccc2)C(c2ccc(-c3c(-c4ccccc4)ccc(-c4ccccc4)c3-c3ccccc3)cc2)=C1c1ccccc1. The van der Waals surface area contributed by atoms with Crippen LogP contribution >= 0.6 is 0 Å². The van der Waals surface area contributed by atoms with Gasteiger partial charge in [-0.15, -0.1) is 0 Å². The highest BCUT2D eigenvalue weighted by Crippen LogP contribution is 2.51. The molecule has 0 spiro atoms. The van der Waals surface area contributed by atoms with Crippen LogP contribution < -0.4 is 0 Å². The van der Waals surface area contributed by atoms with E-state index in [1.165, 1.54) is 77.9 Å². The standard InChI is InChI=1S/C54H40/c1-7-19-39(20-8-1)47-35-37-49(41-23-11-3-12-24-41)53(51(47)43-27-15-5-16-28-43)45-31-33-46(34-32-45)54-50(42-25-13-4-14-26-42)38-36-48(40-21-9-2-10-22-40)52(54)44-29-17-6-18-30-44/h1-38,47,51H. The average molecular weight is 689 g/mol. The highest BCUT2D eigenvalue weighted by Gasteiger charge is 2.32. The lowest BCUT2D eigenvalue weighted by Crippen LogP contribution is -2.16. The van der Waals surface area contributed by atoms with Crippen LogP contribution in [0.4, 0.5) is 0 Å². The molecular weight excluding hydrogens is 649 g/mol. The predicted molar refractivity (Wildman–Crippen MR) is 229 cm³/mol. The molecule has 0 aliphatic heterocycles. The number of allylic oxidation sites excluding steroid dienone is 4. The second kappa shape index (κ2) is 15.1. The molecule has 1 aliphatic carbocycles. The zero-order valence-corrected chi connectivity index (χ0v) is 30.1. The third-order valence-corrected chi connectivity index (χ3v) is 10.8. The first-order valence-corrected chi connectivity index (χ1v) is 18.9. The smallest absolute Gasteiger partial charge is 0.0205 e.